The fourth-order valence-electron chi connectivity index (χ4n) is 2.03. The summed E-state index contributed by atoms with van der Waals surface area (Å²) >= 11 is 0. The zero-order chi connectivity index (χ0) is 11.4. The Bertz CT molecular complexity index is 350. The number of ether oxygens (including phenoxy) is 1. The highest BCUT2D eigenvalue weighted by Gasteiger charge is 2.31. The number of nitrogens with one attached hydrogen (secondary N) is 1. The summed E-state index contributed by atoms with van der Waals surface area (Å²) in [5, 5.41) is 0. The second-order valence-corrected chi connectivity index (χ2v) is 3.86. The van der Waals surface area contributed by atoms with Gasteiger partial charge in [0.25, 0.3) is 5.91 Å². The molecular formula is C11H16N3O2+. The van der Waals surface area contributed by atoms with Crippen LogP contribution in [0.15, 0.2) is 24.4 Å². The van der Waals surface area contributed by atoms with Crippen molar-refractivity contribution in [2.75, 3.05) is 26.3 Å². The van der Waals surface area contributed by atoms with Crippen LogP contribution in [0.25, 0.3) is 0 Å². The first-order valence-electron chi connectivity index (χ1n) is 5.41. The molecule has 0 spiro atoms. The van der Waals surface area contributed by atoms with Crippen LogP contribution in [0.1, 0.15) is 11.7 Å². The molecule has 86 valence electrons. The van der Waals surface area contributed by atoms with Gasteiger partial charge in [0.15, 0.2) is 0 Å². The van der Waals surface area contributed by atoms with Crippen molar-refractivity contribution in [2.45, 2.75) is 6.04 Å². The number of nitrogens with two attached hydrogens (primary N) is 1. The maximum Gasteiger partial charge on any atom is 0.282 e. The van der Waals surface area contributed by atoms with Gasteiger partial charge in [-0.05, 0) is 12.1 Å². The van der Waals surface area contributed by atoms with Crippen LogP contribution < -0.4 is 10.6 Å². The van der Waals surface area contributed by atoms with E-state index in [1.807, 2.05) is 18.2 Å². The van der Waals surface area contributed by atoms with Gasteiger partial charge in [0, 0.05) is 6.20 Å². The minimum absolute atomic E-state index is 0.324. The number of nitrogens with zero attached hydrogens (tertiary/aromatic N) is 1. The highest BCUT2D eigenvalue weighted by Crippen LogP contribution is 2.05. The van der Waals surface area contributed by atoms with Crippen molar-refractivity contribution >= 4 is 5.91 Å². The Hall–Kier alpha value is -1.46. The summed E-state index contributed by atoms with van der Waals surface area (Å²) in [6, 6.07) is 5.19. The predicted molar refractivity (Wildman–Crippen MR) is 57.7 cm³/mol. The number of amides is 1. The maximum atomic E-state index is 11.5. The van der Waals surface area contributed by atoms with Gasteiger partial charge in [0.1, 0.15) is 18.8 Å². The van der Waals surface area contributed by atoms with Gasteiger partial charge in [-0.15, -0.1) is 0 Å². The van der Waals surface area contributed by atoms with Crippen molar-refractivity contribution < 1.29 is 14.4 Å². The molecule has 1 aliphatic heterocycles. The highest BCUT2D eigenvalue weighted by atomic mass is 16.5. The third kappa shape index (κ3) is 2.37. The van der Waals surface area contributed by atoms with Crippen LogP contribution in [0, 0.1) is 0 Å². The minimum atomic E-state index is -0.356. The van der Waals surface area contributed by atoms with Gasteiger partial charge in [-0.25, -0.2) is 0 Å². The Morgan fingerprint density at radius 1 is 1.44 bits per heavy atom. The Balaban J connectivity index is 2.20. The van der Waals surface area contributed by atoms with Crippen LogP contribution in [-0.4, -0.2) is 37.2 Å². The maximum absolute atomic E-state index is 11.5. The lowest BCUT2D eigenvalue weighted by Crippen LogP contribution is -3.15. The Kier molecular flexibility index (Phi) is 3.48. The van der Waals surface area contributed by atoms with Gasteiger partial charge in [-0.1, -0.05) is 6.07 Å². The Morgan fingerprint density at radius 3 is 2.75 bits per heavy atom. The van der Waals surface area contributed by atoms with Gasteiger partial charge in [-0.2, -0.15) is 0 Å². The molecule has 5 nitrogen and oxygen atoms in total. The average molecular weight is 222 g/mol. The van der Waals surface area contributed by atoms with Crippen molar-refractivity contribution in [3.63, 3.8) is 0 Å². The normalized spacial score (nSPS) is 19.2. The van der Waals surface area contributed by atoms with Crippen molar-refractivity contribution in [1.82, 2.24) is 4.98 Å². The topological polar surface area (TPSA) is 69.7 Å². The SMILES string of the molecule is NC(=O)[C@@H](c1ccccn1)[NH+]1CCOCC1. The van der Waals surface area contributed by atoms with Crippen LogP contribution in [0.4, 0.5) is 0 Å². The molecule has 2 heterocycles. The number of primary amides is 1. The molecule has 0 unspecified atom stereocenters. The zero-order valence-electron chi connectivity index (χ0n) is 9.06. The van der Waals surface area contributed by atoms with Crippen LogP contribution in [0.5, 0.6) is 0 Å². The number of aromatic nitrogens is 1. The van der Waals surface area contributed by atoms with Gasteiger partial charge < -0.3 is 15.4 Å². The quantitative estimate of drug-likeness (QED) is 0.655. The van der Waals surface area contributed by atoms with Crippen LogP contribution in [0.3, 0.4) is 0 Å². The number of carbonyl (C=O) groups excluding carboxylic acids is 1. The number of pyridine rings is 1. The highest BCUT2D eigenvalue weighted by molar-refractivity contribution is 5.79. The largest absolute Gasteiger partial charge is 0.370 e. The van der Waals surface area contributed by atoms with E-state index in [0.717, 1.165) is 23.7 Å². The third-order valence-corrected chi connectivity index (χ3v) is 2.81. The molecule has 0 aliphatic carbocycles. The second kappa shape index (κ2) is 5.05. The van der Waals surface area contributed by atoms with E-state index in [9.17, 15) is 4.79 Å². The fraction of sp³-hybridized carbons (Fsp3) is 0.455. The van der Waals surface area contributed by atoms with Gasteiger partial charge in [0.05, 0.1) is 13.2 Å². The summed E-state index contributed by atoms with van der Waals surface area (Å²) in [4.78, 5) is 16.9. The summed E-state index contributed by atoms with van der Waals surface area (Å²) in [5.41, 5.74) is 6.20. The van der Waals surface area contributed by atoms with Crippen molar-refractivity contribution in [3.05, 3.63) is 30.1 Å². The van der Waals surface area contributed by atoms with E-state index < -0.39 is 0 Å². The molecule has 1 aromatic rings. The van der Waals surface area contributed by atoms with Crippen molar-refractivity contribution in [2.24, 2.45) is 5.73 Å². The molecule has 0 bridgehead atoms. The summed E-state index contributed by atoms with van der Waals surface area (Å²) in [5.74, 6) is -0.324. The lowest BCUT2D eigenvalue weighted by Gasteiger charge is -2.29. The second-order valence-electron chi connectivity index (χ2n) is 3.86. The molecule has 16 heavy (non-hydrogen) atoms. The monoisotopic (exact) mass is 222 g/mol. The molecule has 3 N–H and O–H groups in total. The first kappa shape index (κ1) is 11.0. The van der Waals surface area contributed by atoms with E-state index in [1.165, 1.54) is 0 Å². The first-order valence-corrected chi connectivity index (χ1v) is 5.41. The third-order valence-electron chi connectivity index (χ3n) is 2.81. The predicted octanol–water partition coefficient (Wildman–Crippen LogP) is -1.48. The number of rotatable bonds is 3. The molecule has 1 aliphatic rings. The molecule has 1 aromatic heterocycles. The Morgan fingerprint density at radius 2 is 2.19 bits per heavy atom. The van der Waals surface area contributed by atoms with E-state index in [-0.39, 0.29) is 11.9 Å². The molecule has 0 aromatic carbocycles. The van der Waals surface area contributed by atoms with Gasteiger partial charge >= 0.3 is 0 Å². The summed E-state index contributed by atoms with van der Waals surface area (Å²) in [6.45, 7) is 2.94. The fourth-order valence-corrected chi connectivity index (χ4v) is 2.03. The number of morpholine rings is 1. The number of carbonyl (C=O) groups is 1. The Labute approximate surface area is 94.2 Å². The molecule has 1 fully saturated rings. The van der Waals surface area contributed by atoms with E-state index in [1.54, 1.807) is 6.20 Å². The van der Waals surface area contributed by atoms with E-state index in [4.69, 9.17) is 10.5 Å². The molecule has 1 saturated heterocycles. The number of hydrogen-bond donors (Lipinski definition) is 2. The molecule has 1 atom stereocenters. The minimum Gasteiger partial charge on any atom is -0.370 e. The average Bonchev–Trinajstić information content (AvgIpc) is 2.31. The smallest absolute Gasteiger partial charge is 0.282 e. The molecule has 5 heteroatoms. The zero-order valence-corrected chi connectivity index (χ0v) is 9.06. The molecular weight excluding hydrogens is 206 g/mol. The van der Waals surface area contributed by atoms with E-state index in [0.29, 0.717) is 13.2 Å². The lowest BCUT2D eigenvalue weighted by atomic mass is 10.1. The van der Waals surface area contributed by atoms with Crippen molar-refractivity contribution in [3.8, 4) is 0 Å². The van der Waals surface area contributed by atoms with Gasteiger partial charge in [0.2, 0.25) is 6.04 Å². The molecule has 1 amide bonds. The van der Waals surface area contributed by atoms with Crippen LogP contribution in [0.2, 0.25) is 0 Å². The van der Waals surface area contributed by atoms with E-state index >= 15 is 0 Å². The molecule has 2 rings (SSSR count). The number of hydrogen-bond acceptors (Lipinski definition) is 3. The molecule has 0 radical (unpaired) electrons. The van der Waals surface area contributed by atoms with E-state index in [2.05, 4.69) is 4.98 Å². The summed E-state index contributed by atoms with van der Waals surface area (Å²) in [6.07, 6.45) is 1.69. The molecule has 0 saturated carbocycles. The van der Waals surface area contributed by atoms with Crippen LogP contribution in [-0.2, 0) is 9.53 Å². The summed E-state index contributed by atoms with van der Waals surface area (Å²) in [7, 11) is 0. The van der Waals surface area contributed by atoms with Crippen LogP contribution >= 0.6 is 0 Å². The van der Waals surface area contributed by atoms with Crippen molar-refractivity contribution in [1.29, 1.82) is 0 Å². The van der Waals surface area contributed by atoms with Gasteiger partial charge in [-0.3, -0.25) is 9.78 Å². The standard InChI is InChI=1S/C11H15N3O2/c12-11(15)10(9-3-1-2-4-13-9)14-5-7-16-8-6-14/h1-4,10H,5-8H2,(H2,12,15)/p+1/t10-/m1/s1. The first-order chi connectivity index (χ1) is 7.79. The number of quaternary nitrogens is 1. The summed E-state index contributed by atoms with van der Waals surface area (Å²) < 4.78 is 5.27. The lowest BCUT2D eigenvalue weighted by molar-refractivity contribution is -0.929.